The number of carbonyl (C=O) groups is 2. The maximum atomic E-state index is 12.4. The highest BCUT2D eigenvalue weighted by Crippen LogP contribution is 2.09. The van der Waals surface area contributed by atoms with Gasteiger partial charge in [0.2, 0.25) is 0 Å². The maximum absolute atomic E-state index is 12.4. The van der Waals surface area contributed by atoms with Gasteiger partial charge in [0.25, 0.3) is 5.91 Å². The van der Waals surface area contributed by atoms with Crippen LogP contribution in [-0.2, 0) is 19.1 Å². The van der Waals surface area contributed by atoms with Crippen molar-refractivity contribution in [3.8, 4) is 5.75 Å². The molecular weight excluding hydrogens is 310 g/mol. The van der Waals surface area contributed by atoms with Crippen molar-refractivity contribution in [1.82, 2.24) is 4.90 Å². The quantitative estimate of drug-likeness (QED) is 0.458. The van der Waals surface area contributed by atoms with Crippen LogP contribution in [0.25, 0.3) is 0 Å². The van der Waals surface area contributed by atoms with Gasteiger partial charge in [0.05, 0.1) is 19.6 Å². The van der Waals surface area contributed by atoms with Crippen LogP contribution in [0.2, 0.25) is 0 Å². The summed E-state index contributed by atoms with van der Waals surface area (Å²) < 4.78 is 15.6. The standard InChI is InChI=1S/C18H27NO5/c1-15(2)23-13-7-11-19(12-10-18(21)22-3)17(20)14-24-16-8-5-4-6-9-16/h4-6,8-9,15H,7,10-14H2,1-3H3. The molecule has 1 rings (SSSR count). The first-order chi connectivity index (χ1) is 11.5. The number of benzene rings is 1. The van der Waals surface area contributed by atoms with Gasteiger partial charge in [-0.15, -0.1) is 0 Å². The van der Waals surface area contributed by atoms with E-state index < -0.39 is 0 Å². The molecule has 0 aliphatic carbocycles. The molecule has 0 radical (unpaired) electrons. The van der Waals surface area contributed by atoms with Gasteiger partial charge in [0.1, 0.15) is 5.75 Å². The number of hydrogen-bond acceptors (Lipinski definition) is 5. The molecule has 0 bridgehead atoms. The van der Waals surface area contributed by atoms with Crippen molar-refractivity contribution >= 4 is 11.9 Å². The normalized spacial score (nSPS) is 10.5. The van der Waals surface area contributed by atoms with Crippen molar-refractivity contribution in [3.05, 3.63) is 30.3 Å². The van der Waals surface area contributed by atoms with E-state index in [1.54, 1.807) is 17.0 Å². The molecule has 24 heavy (non-hydrogen) atoms. The second kappa shape index (κ2) is 11.5. The summed E-state index contributed by atoms with van der Waals surface area (Å²) in [4.78, 5) is 25.3. The minimum atomic E-state index is -0.338. The van der Waals surface area contributed by atoms with E-state index in [9.17, 15) is 9.59 Å². The highest BCUT2D eigenvalue weighted by molar-refractivity contribution is 5.78. The summed E-state index contributed by atoms with van der Waals surface area (Å²) in [5, 5.41) is 0. The molecule has 0 N–H and O–H groups in total. The Hall–Kier alpha value is -2.08. The molecule has 0 heterocycles. The summed E-state index contributed by atoms with van der Waals surface area (Å²) >= 11 is 0. The van der Waals surface area contributed by atoms with Crippen LogP contribution in [-0.4, -0.2) is 56.3 Å². The summed E-state index contributed by atoms with van der Waals surface area (Å²) in [5.74, 6) is 0.143. The van der Waals surface area contributed by atoms with E-state index in [0.29, 0.717) is 31.9 Å². The Balaban J connectivity index is 2.47. The highest BCUT2D eigenvalue weighted by Gasteiger charge is 2.16. The van der Waals surface area contributed by atoms with Crippen LogP contribution in [0.3, 0.4) is 0 Å². The van der Waals surface area contributed by atoms with Gasteiger partial charge < -0.3 is 19.1 Å². The van der Waals surface area contributed by atoms with Crippen molar-refractivity contribution in [1.29, 1.82) is 0 Å². The lowest BCUT2D eigenvalue weighted by Crippen LogP contribution is -2.37. The van der Waals surface area contributed by atoms with Gasteiger partial charge in [0.15, 0.2) is 6.61 Å². The molecule has 0 saturated carbocycles. The summed E-state index contributed by atoms with van der Waals surface area (Å²) in [5.41, 5.74) is 0. The number of methoxy groups -OCH3 is 1. The second-order valence-electron chi connectivity index (χ2n) is 5.58. The predicted octanol–water partition coefficient (Wildman–Crippen LogP) is 2.27. The zero-order valence-corrected chi connectivity index (χ0v) is 14.7. The van der Waals surface area contributed by atoms with Crippen LogP contribution in [0.15, 0.2) is 30.3 Å². The molecule has 0 atom stereocenters. The number of nitrogens with zero attached hydrogens (tertiary/aromatic N) is 1. The van der Waals surface area contributed by atoms with Gasteiger partial charge >= 0.3 is 5.97 Å². The van der Waals surface area contributed by atoms with E-state index in [1.807, 2.05) is 32.0 Å². The molecule has 0 spiro atoms. The predicted molar refractivity (Wildman–Crippen MR) is 90.9 cm³/mol. The Morgan fingerprint density at radius 3 is 2.46 bits per heavy atom. The summed E-state index contributed by atoms with van der Waals surface area (Å²) in [6, 6.07) is 9.16. The molecule has 0 unspecified atom stereocenters. The average Bonchev–Trinajstić information content (AvgIpc) is 2.59. The SMILES string of the molecule is COC(=O)CCN(CCCOC(C)C)C(=O)COc1ccccc1. The number of ether oxygens (including phenoxy) is 3. The smallest absolute Gasteiger partial charge is 0.307 e. The minimum absolute atomic E-state index is 0.0593. The second-order valence-corrected chi connectivity index (χ2v) is 5.58. The van der Waals surface area contributed by atoms with E-state index in [2.05, 4.69) is 4.74 Å². The summed E-state index contributed by atoms with van der Waals surface area (Å²) in [6.07, 6.45) is 1.03. The fourth-order valence-corrected chi connectivity index (χ4v) is 2.02. The molecule has 0 aliphatic heterocycles. The highest BCUT2D eigenvalue weighted by atomic mass is 16.5. The Labute approximate surface area is 143 Å². The molecule has 6 heteroatoms. The molecule has 134 valence electrons. The third kappa shape index (κ3) is 8.53. The first kappa shape index (κ1) is 20.0. The van der Waals surface area contributed by atoms with Crippen LogP contribution in [0, 0.1) is 0 Å². The first-order valence-corrected chi connectivity index (χ1v) is 8.17. The Kier molecular flexibility index (Phi) is 9.53. The van der Waals surface area contributed by atoms with Crippen LogP contribution in [0.1, 0.15) is 26.7 Å². The van der Waals surface area contributed by atoms with Crippen LogP contribution >= 0.6 is 0 Å². The number of amides is 1. The average molecular weight is 337 g/mol. The summed E-state index contributed by atoms with van der Waals surface area (Å²) in [7, 11) is 1.34. The lowest BCUT2D eigenvalue weighted by molar-refractivity contribution is -0.142. The monoisotopic (exact) mass is 337 g/mol. The van der Waals surface area contributed by atoms with E-state index in [-0.39, 0.29) is 31.0 Å². The van der Waals surface area contributed by atoms with Crippen molar-refractivity contribution in [2.75, 3.05) is 33.4 Å². The zero-order valence-electron chi connectivity index (χ0n) is 14.7. The zero-order chi connectivity index (χ0) is 17.8. The van der Waals surface area contributed by atoms with E-state index in [4.69, 9.17) is 9.47 Å². The van der Waals surface area contributed by atoms with Gasteiger partial charge in [-0.2, -0.15) is 0 Å². The molecule has 0 aliphatic rings. The Morgan fingerprint density at radius 1 is 1.12 bits per heavy atom. The molecule has 6 nitrogen and oxygen atoms in total. The topological polar surface area (TPSA) is 65.1 Å². The molecule has 0 saturated heterocycles. The molecule has 1 amide bonds. The maximum Gasteiger partial charge on any atom is 0.307 e. The van der Waals surface area contributed by atoms with Crippen LogP contribution < -0.4 is 4.74 Å². The Bertz CT molecular complexity index is 489. The third-order valence-electron chi connectivity index (χ3n) is 3.30. The fraction of sp³-hybridized carbons (Fsp3) is 0.556. The van der Waals surface area contributed by atoms with Gasteiger partial charge in [-0.3, -0.25) is 9.59 Å². The van der Waals surface area contributed by atoms with Gasteiger partial charge in [0, 0.05) is 19.7 Å². The number of hydrogen-bond donors (Lipinski definition) is 0. The van der Waals surface area contributed by atoms with E-state index >= 15 is 0 Å². The van der Waals surface area contributed by atoms with Crippen molar-refractivity contribution in [2.45, 2.75) is 32.8 Å². The van der Waals surface area contributed by atoms with Gasteiger partial charge in [-0.1, -0.05) is 18.2 Å². The molecule has 0 aromatic heterocycles. The number of para-hydroxylation sites is 1. The van der Waals surface area contributed by atoms with Crippen molar-refractivity contribution in [2.24, 2.45) is 0 Å². The van der Waals surface area contributed by atoms with E-state index in [1.165, 1.54) is 7.11 Å². The minimum Gasteiger partial charge on any atom is -0.484 e. The summed E-state index contributed by atoms with van der Waals surface area (Å²) in [6.45, 7) is 5.27. The molecule has 1 aromatic rings. The number of esters is 1. The lowest BCUT2D eigenvalue weighted by Gasteiger charge is -2.22. The van der Waals surface area contributed by atoms with Crippen LogP contribution in [0.4, 0.5) is 0 Å². The number of carbonyl (C=O) groups excluding carboxylic acids is 2. The Morgan fingerprint density at radius 2 is 1.83 bits per heavy atom. The fourth-order valence-electron chi connectivity index (χ4n) is 2.02. The molecule has 0 fully saturated rings. The lowest BCUT2D eigenvalue weighted by atomic mass is 10.3. The van der Waals surface area contributed by atoms with E-state index in [0.717, 1.165) is 0 Å². The van der Waals surface area contributed by atoms with Crippen molar-refractivity contribution < 1.29 is 23.8 Å². The van der Waals surface area contributed by atoms with Gasteiger partial charge in [-0.25, -0.2) is 0 Å². The molecule has 1 aromatic carbocycles. The largest absolute Gasteiger partial charge is 0.484 e. The van der Waals surface area contributed by atoms with Crippen LogP contribution in [0.5, 0.6) is 5.75 Å². The first-order valence-electron chi connectivity index (χ1n) is 8.17. The molecular formula is C18H27NO5. The van der Waals surface area contributed by atoms with Crippen molar-refractivity contribution in [3.63, 3.8) is 0 Å². The third-order valence-corrected chi connectivity index (χ3v) is 3.30. The van der Waals surface area contributed by atoms with Gasteiger partial charge in [-0.05, 0) is 32.4 Å². The number of rotatable bonds is 11.